The number of hydrogen-bond donors (Lipinski definition) is 0. The van der Waals surface area contributed by atoms with Gasteiger partial charge in [-0.15, -0.1) is 24.8 Å². The fraction of sp³-hybridized carbons (Fsp3) is 0.600. The zero-order valence-corrected chi connectivity index (χ0v) is 10.2. The molecular weight excluding hydrogens is 184 g/mol. The Morgan fingerprint density at radius 3 is 1.92 bits per heavy atom. The molecule has 0 aromatic rings. The SMILES string of the molecule is C=C(C)[Si](C)(CCCCl)C(=C)C. The molecule has 0 unspecified atom stereocenters. The highest BCUT2D eigenvalue weighted by molar-refractivity contribution is 6.91. The summed E-state index contributed by atoms with van der Waals surface area (Å²) in [6.45, 7) is 14.7. The minimum absolute atomic E-state index is 0.753. The molecule has 0 aliphatic carbocycles. The van der Waals surface area contributed by atoms with E-state index in [9.17, 15) is 0 Å². The lowest BCUT2D eigenvalue weighted by molar-refractivity contribution is 1.05. The van der Waals surface area contributed by atoms with Gasteiger partial charge in [-0.2, -0.15) is 0 Å². The predicted octanol–water partition coefficient (Wildman–Crippen LogP) is 3.92. The van der Waals surface area contributed by atoms with E-state index in [1.165, 1.54) is 16.4 Å². The van der Waals surface area contributed by atoms with Crippen LogP contribution in [0.25, 0.3) is 0 Å². The minimum Gasteiger partial charge on any atom is -0.127 e. The summed E-state index contributed by atoms with van der Waals surface area (Å²) in [5.74, 6) is 0.753. The Hall–Kier alpha value is -0.0131. The summed E-state index contributed by atoms with van der Waals surface area (Å²) in [7, 11) is -1.40. The van der Waals surface area contributed by atoms with E-state index in [0.29, 0.717) is 0 Å². The fourth-order valence-corrected chi connectivity index (χ4v) is 4.04. The van der Waals surface area contributed by atoms with Gasteiger partial charge in [0.2, 0.25) is 0 Å². The van der Waals surface area contributed by atoms with Crippen LogP contribution in [0, 0.1) is 0 Å². The normalized spacial score (nSPS) is 11.3. The number of rotatable bonds is 5. The van der Waals surface area contributed by atoms with Gasteiger partial charge in [0.15, 0.2) is 0 Å². The molecule has 0 heterocycles. The van der Waals surface area contributed by atoms with Crippen LogP contribution in [-0.2, 0) is 0 Å². The molecule has 0 aromatic carbocycles. The monoisotopic (exact) mass is 202 g/mol. The maximum Gasteiger partial charge on any atom is 0.103 e. The molecule has 0 N–H and O–H groups in total. The predicted molar refractivity (Wildman–Crippen MR) is 61.4 cm³/mol. The van der Waals surface area contributed by atoms with E-state index < -0.39 is 8.07 Å². The standard InChI is InChI=1S/C10H19ClSi/c1-9(2)12(5,10(3)4)8-6-7-11/h1,3,6-8H2,2,4-5H3. The van der Waals surface area contributed by atoms with E-state index in [1.807, 2.05) is 0 Å². The van der Waals surface area contributed by atoms with Gasteiger partial charge in [-0.3, -0.25) is 0 Å². The number of alkyl halides is 1. The third-order valence-electron chi connectivity index (χ3n) is 2.69. The van der Waals surface area contributed by atoms with Gasteiger partial charge in [-0.05, 0) is 26.3 Å². The number of hydrogen-bond acceptors (Lipinski definition) is 0. The van der Waals surface area contributed by atoms with Crippen molar-refractivity contribution in [1.29, 1.82) is 0 Å². The summed E-state index contributed by atoms with van der Waals surface area (Å²) in [4.78, 5) is 0. The first-order chi connectivity index (χ1) is 5.45. The zero-order chi connectivity index (χ0) is 9.78. The molecule has 70 valence electrons. The molecule has 0 atom stereocenters. The van der Waals surface area contributed by atoms with E-state index in [1.54, 1.807) is 0 Å². The van der Waals surface area contributed by atoms with Crippen LogP contribution in [0.15, 0.2) is 23.6 Å². The van der Waals surface area contributed by atoms with Crippen LogP contribution in [0.5, 0.6) is 0 Å². The van der Waals surface area contributed by atoms with Gasteiger partial charge < -0.3 is 0 Å². The largest absolute Gasteiger partial charge is 0.127 e. The third-order valence-corrected chi connectivity index (χ3v) is 8.08. The lowest BCUT2D eigenvalue weighted by Crippen LogP contribution is -2.33. The van der Waals surface area contributed by atoms with Gasteiger partial charge in [0.25, 0.3) is 0 Å². The molecule has 0 aliphatic rings. The minimum atomic E-state index is -1.40. The van der Waals surface area contributed by atoms with Crippen LogP contribution >= 0.6 is 11.6 Å². The van der Waals surface area contributed by atoms with Gasteiger partial charge in [0.1, 0.15) is 8.07 Å². The van der Waals surface area contributed by atoms with Crippen molar-refractivity contribution in [1.82, 2.24) is 0 Å². The lowest BCUT2D eigenvalue weighted by Gasteiger charge is -2.28. The van der Waals surface area contributed by atoms with Crippen molar-refractivity contribution in [3.63, 3.8) is 0 Å². The average Bonchev–Trinajstić information content (AvgIpc) is 1.99. The highest BCUT2D eigenvalue weighted by Gasteiger charge is 2.27. The quantitative estimate of drug-likeness (QED) is 0.468. The number of allylic oxidation sites excluding steroid dienone is 2. The van der Waals surface area contributed by atoms with Crippen molar-refractivity contribution in [3.8, 4) is 0 Å². The Morgan fingerprint density at radius 1 is 1.25 bits per heavy atom. The summed E-state index contributed by atoms with van der Waals surface area (Å²) in [5.41, 5.74) is 0. The van der Waals surface area contributed by atoms with Crippen molar-refractivity contribution in [2.75, 3.05) is 5.88 Å². The van der Waals surface area contributed by atoms with E-state index in [2.05, 4.69) is 33.6 Å². The first-order valence-electron chi connectivity index (χ1n) is 4.33. The molecule has 0 fully saturated rings. The van der Waals surface area contributed by atoms with Crippen molar-refractivity contribution >= 4 is 19.7 Å². The van der Waals surface area contributed by atoms with Crippen LogP contribution < -0.4 is 0 Å². The molecule has 2 heteroatoms. The van der Waals surface area contributed by atoms with Crippen LogP contribution in [0.2, 0.25) is 12.6 Å². The summed E-state index contributed by atoms with van der Waals surface area (Å²) >= 11 is 5.68. The maximum atomic E-state index is 5.68. The molecular formula is C10H19ClSi. The Bertz CT molecular complexity index is 170. The Balaban J connectivity index is 4.40. The molecule has 0 spiro atoms. The van der Waals surface area contributed by atoms with E-state index in [0.717, 1.165) is 12.3 Å². The topological polar surface area (TPSA) is 0 Å². The highest BCUT2D eigenvalue weighted by Crippen LogP contribution is 2.26. The molecule has 0 radical (unpaired) electrons. The van der Waals surface area contributed by atoms with Crippen molar-refractivity contribution in [3.05, 3.63) is 23.6 Å². The molecule has 12 heavy (non-hydrogen) atoms. The summed E-state index contributed by atoms with van der Waals surface area (Å²) in [5, 5.41) is 2.64. The van der Waals surface area contributed by atoms with Gasteiger partial charge >= 0.3 is 0 Å². The zero-order valence-electron chi connectivity index (χ0n) is 8.41. The fourth-order valence-electron chi connectivity index (χ4n) is 1.21. The molecule has 0 saturated carbocycles. The molecule has 0 bridgehead atoms. The van der Waals surface area contributed by atoms with Crippen molar-refractivity contribution in [2.45, 2.75) is 32.9 Å². The summed E-state index contributed by atoms with van der Waals surface area (Å²) < 4.78 is 0. The van der Waals surface area contributed by atoms with Gasteiger partial charge in [0.05, 0.1) is 0 Å². The van der Waals surface area contributed by atoms with Crippen LogP contribution in [0.1, 0.15) is 20.3 Å². The van der Waals surface area contributed by atoms with Crippen molar-refractivity contribution in [2.24, 2.45) is 0 Å². The van der Waals surface area contributed by atoms with Crippen molar-refractivity contribution < 1.29 is 0 Å². The van der Waals surface area contributed by atoms with Gasteiger partial charge in [-0.1, -0.05) is 16.9 Å². The maximum absolute atomic E-state index is 5.68. The molecule has 0 rings (SSSR count). The Kier molecular flexibility index (Phi) is 4.87. The Morgan fingerprint density at radius 2 is 1.67 bits per heavy atom. The van der Waals surface area contributed by atoms with E-state index >= 15 is 0 Å². The second-order valence-electron chi connectivity index (χ2n) is 3.69. The summed E-state index contributed by atoms with van der Waals surface area (Å²) in [6, 6.07) is 1.20. The summed E-state index contributed by atoms with van der Waals surface area (Å²) in [6.07, 6.45) is 1.09. The van der Waals surface area contributed by atoms with Gasteiger partial charge in [-0.25, -0.2) is 0 Å². The molecule has 0 aromatic heterocycles. The highest BCUT2D eigenvalue weighted by atomic mass is 35.5. The molecule has 0 aliphatic heterocycles. The Labute approximate surface area is 82.3 Å². The van der Waals surface area contributed by atoms with Crippen LogP contribution in [-0.4, -0.2) is 14.0 Å². The smallest absolute Gasteiger partial charge is 0.103 e. The first-order valence-corrected chi connectivity index (χ1v) is 7.57. The molecule has 0 amide bonds. The number of halogens is 1. The van der Waals surface area contributed by atoms with E-state index in [4.69, 9.17) is 11.6 Å². The lowest BCUT2D eigenvalue weighted by atomic mass is 10.6. The van der Waals surface area contributed by atoms with Gasteiger partial charge in [0, 0.05) is 5.88 Å². The van der Waals surface area contributed by atoms with E-state index in [-0.39, 0.29) is 0 Å². The second kappa shape index (κ2) is 4.88. The molecule has 0 nitrogen and oxygen atoms in total. The average molecular weight is 203 g/mol. The third kappa shape index (κ3) is 2.80. The first kappa shape index (κ1) is 12.0. The second-order valence-corrected chi connectivity index (χ2v) is 8.93. The van der Waals surface area contributed by atoms with Crippen LogP contribution in [0.3, 0.4) is 0 Å². The van der Waals surface area contributed by atoms with Crippen LogP contribution in [0.4, 0.5) is 0 Å². The molecule has 0 saturated heterocycles.